The molecule has 1 aromatic heterocycles. The highest BCUT2D eigenvalue weighted by Crippen LogP contribution is 2.21. The Hall–Kier alpha value is -2.70. The van der Waals surface area contributed by atoms with Crippen LogP contribution in [0.25, 0.3) is 0 Å². The molecule has 24 heavy (non-hydrogen) atoms. The Morgan fingerprint density at radius 1 is 1.25 bits per heavy atom. The van der Waals surface area contributed by atoms with E-state index >= 15 is 0 Å². The quantitative estimate of drug-likeness (QED) is 0.843. The van der Waals surface area contributed by atoms with Gasteiger partial charge in [0.05, 0.1) is 18.7 Å². The van der Waals surface area contributed by atoms with Crippen LogP contribution in [0.4, 0.5) is 8.78 Å². The number of aromatic amines is 1. The van der Waals surface area contributed by atoms with Crippen LogP contribution < -0.4 is 5.32 Å². The van der Waals surface area contributed by atoms with Crippen molar-refractivity contribution in [1.82, 2.24) is 10.3 Å². The first-order chi connectivity index (χ1) is 11.3. The number of benzene rings is 1. The van der Waals surface area contributed by atoms with E-state index < -0.39 is 29.6 Å². The molecule has 2 aromatic rings. The summed E-state index contributed by atoms with van der Waals surface area (Å²) < 4.78 is 31.5. The number of carbonyl (C=O) groups is 2. The maximum absolute atomic E-state index is 13.8. The van der Waals surface area contributed by atoms with Crippen molar-refractivity contribution in [2.45, 2.75) is 26.8 Å². The second kappa shape index (κ2) is 6.82. The van der Waals surface area contributed by atoms with Crippen LogP contribution in [-0.2, 0) is 4.74 Å². The average Bonchev–Trinajstić information content (AvgIpc) is 2.81. The van der Waals surface area contributed by atoms with Gasteiger partial charge in [-0.1, -0.05) is 6.07 Å². The van der Waals surface area contributed by atoms with Crippen molar-refractivity contribution in [1.29, 1.82) is 0 Å². The highest BCUT2D eigenvalue weighted by Gasteiger charge is 2.24. The number of hydrogen-bond acceptors (Lipinski definition) is 3. The van der Waals surface area contributed by atoms with E-state index in [1.54, 1.807) is 20.8 Å². The van der Waals surface area contributed by atoms with E-state index in [0.29, 0.717) is 16.8 Å². The lowest BCUT2D eigenvalue weighted by molar-refractivity contribution is 0.0599. The van der Waals surface area contributed by atoms with Gasteiger partial charge >= 0.3 is 5.97 Å². The van der Waals surface area contributed by atoms with E-state index in [0.717, 1.165) is 12.1 Å². The Bertz CT molecular complexity index is 799. The van der Waals surface area contributed by atoms with Gasteiger partial charge in [0.25, 0.3) is 5.91 Å². The third kappa shape index (κ3) is 3.29. The third-order valence-electron chi connectivity index (χ3n) is 3.83. The van der Waals surface area contributed by atoms with Gasteiger partial charge in [0.2, 0.25) is 0 Å². The highest BCUT2D eigenvalue weighted by atomic mass is 19.1. The van der Waals surface area contributed by atoms with Crippen molar-refractivity contribution < 1.29 is 23.1 Å². The monoisotopic (exact) mass is 336 g/mol. The first-order valence-corrected chi connectivity index (χ1v) is 7.29. The second-order valence-corrected chi connectivity index (χ2v) is 5.48. The molecule has 128 valence electrons. The molecule has 0 unspecified atom stereocenters. The summed E-state index contributed by atoms with van der Waals surface area (Å²) in [5.74, 6) is -2.47. The Labute approximate surface area is 138 Å². The summed E-state index contributed by atoms with van der Waals surface area (Å²) in [6, 6.07) is 2.49. The number of methoxy groups -OCH3 is 1. The summed E-state index contributed by atoms with van der Waals surface area (Å²) >= 11 is 0. The number of H-pyrrole nitrogens is 1. The highest BCUT2D eigenvalue weighted by molar-refractivity contribution is 6.00. The number of hydrogen-bond donors (Lipinski definition) is 2. The maximum atomic E-state index is 13.8. The Balaban J connectivity index is 2.25. The fourth-order valence-electron chi connectivity index (χ4n) is 2.58. The van der Waals surface area contributed by atoms with Gasteiger partial charge in [-0.2, -0.15) is 0 Å². The molecular formula is C17H18F2N2O3. The lowest BCUT2D eigenvalue weighted by Crippen LogP contribution is -2.28. The zero-order valence-corrected chi connectivity index (χ0v) is 13.8. The SMILES string of the molecule is COC(=O)c1c(C)[nH]c(C(=O)N[C@@H](C)c2ccc(F)cc2F)c1C. The van der Waals surface area contributed by atoms with Crippen molar-refractivity contribution in [3.8, 4) is 0 Å². The van der Waals surface area contributed by atoms with Crippen LogP contribution in [0.1, 0.15) is 50.6 Å². The zero-order valence-electron chi connectivity index (χ0n) is 13.8. The van der Waals surface area contributed by atoms with Crippen molar-refractivity contribution in [3.63, 3.8) is 0 Å². The average molecular weight is 336 g/mol. The fraction of sp³-hybridized carbons (Fsp3) is 0.294. The molecule has 5 nitrogen and oxygen atoms in total. The molecule has 1 aromatic carbocycles. The van der Waals surface area contributed by atoms with Gasteiger partial charge in [-0.3, -0.25) is 4.79 Å². The van der Waals surface area contributed by atoms with Crippen LogP contribution in [0.15, 0.2) is 18.2 Å². The first kappa shape index (κ1) is 17.7. The number of rotatable bonds is 4. The first-order valence-electron chi connectivity index (χ1n) is 7.29. The third-order valence-corrected chi connectivity index (χ3v) is 3.83. The summed E-state index contributed by atoms with van der Waals surface area (Å²) in [5, 5.41) is 2.63. The van der Waals surface area contributed by atoms with Crippen LogP contribution in [0.5, 0.6) is 0 Å². The van der Waals surface area contributed by atoms with E-state index in [4.69, 9.17) is 4.74 Å². The summed E-state index contributed by atoms with van der Waals surface area (Å²) in [4.78, 5) is 27.0. The van der Waals surface area contributed by atoms with Crippen molar-refractivity contribution in [3.05, 3.63) is 57.9 Å². The summed E-state index contributed by atoms with van der Waals surface area (Å²) in [6.45, 7) is 4.85. The summed E-state index contributed by atoms with van der Waals surface area (Å²) in [6.07, 6.45) is 0. The molecule has 2 rings (SSSR count). The number of nitrogens with one attached hydrogen (secondary N) is 2. The Kier molecular flexibility index (Phi) is 5.02. The lowest BCUT2D eigenvalue weighted by Gasteiger charge is -2.15. The molecule has 2 N–H and O–H groups in total. The van der Waals surface area contributed by atoms with Gasteiger partial charge in [0.1, 0.15) is 17.3 Å². The molecule has 0 saturated carbocycles. The Morgan fingerprint density at radius 2 is 1.92 bits per heavy atom. The largest absolute Gasteiger partial charge is 0.465 e. The van der Waals surface area contributed by atoms with Crippen LogP contribution in [-0.4, -0.2) is 24.0 Å². The molecular weight excluding hydrogens is 318 g/mol. The molecule has 0 aliphatic heterocycles. The van der Waals surface area contributed by atoms with Gasteiger partial charge in [0, 0.05) is 17.3 Å². The number of esters is 1. The van der Waals surface area contributed by atoms with Gasteiger partial charge in [0.15, 0.2) is 0 Å². The molecule has 1 heterocycles. The predicted octanol–water partition coefficient (Wildman–Crippen LogP) is 3.19. The normalized spacial score (nSPS) is 11.9. The predicted molar refractivity (Wildman–Crippen MR) is 83.8 cm³/mol. The topological polar surface area (TPSA) is 71.2 Å². The second-order valence-electron chi connectivity index (χ2n) is 5.48. The number of carbonyl (C=O) groups excluding carboxylic acids is 2. The Morgan fingerprint density at radius 3 is 2.50 bits per heavy atom. The van der Waals surface area contributed by atoms with Crippen LogP contribution >= 0.6 is 0 Å². The van der Waals surface area contributed by atoms with Crippen LogP contribution in [0.3, 0.4) is 0 Å². The molecule has 0 saturated heterocycles. The van der Waals surface area contributed by atoms with Crippen molar-refractivity contribution >= 4 is 11.9 Å². The number of aromatic nitrogens is 1. The molecule has 0 aliphatic carbocycles. The van der Waals surface area contributed by atoms with E-state index in [1.165, 1.54) is 13.2 Å². The van der Waals surface area contributed by atoms with Crippen molar-refractivity contribution in [2.24, 2.45) is 0 Å². The number of halogens is 2. The maximum Gasteiger partial charge on any atom is 0.339 e. The number of amides is 1. The lowest BCUT2D eigenvalue weighted by atomic mass is 10.1. The van der Waals surface area contributed by atoms with E-state index in [9.17, 15) is 18.4 Å². The van der Waals surface area contributed by atoms with E-state index in [1.807, 2.05) is 0 Å². The van der Waals surface area contributed by atoms with E-state index in [-0.39, 0.29) is 11.3 Å². The number of aryl methyl sites for hydroxylation is 1. The smallest absolute Gasteiger partial charge is 0.339 e. The van der Waals surface area contributed by atoms with Crippen LogP contribution in [0, 0.1) is 25.5 Å². The summed E-state index contributed by atoms with van der Waals surface area (Å²) in [5.41, 5.74) is 1.61. The van der Waals surface area contributed by atoms with Gasteiger partial charge in [-0.05, 0) is 32.4 Å². The molecule has 0 spiro atoms. The molecule has 0 aliphatic rings. The fourth-order valence-corrected chi connectivity index (χ4v) is 2.58. The molecule has 0 fully saturated rings. The van der Waals surface area contributed by atoms with Crippen LogP contribution in [0.2, 0.25) is 0 Å². The summed E-state index contributed by atoms with van der Waals surface area (Å²) in [7, 11) is 1.26. The van der Waals surface area contributed by atoms with Gasteiger partial charge < -0.3 is 15.0 Å². The van der Waals surface area contributed by atoms with Gasteiger partial charge in [-0.15, -0.1) is 0 Å². The number of ether oxygens (including phenoxy) is 1. The zero-order chi connectivity index (χ0) is 18.0. The minimum absolute atomic E-state index is 0.166. The molecule has 0 radical (unpaired) electrons. The molecule has 1 amide bonds. The molecule has 0 bridgehead atoms. The van der Waals surface area contributed by atoms with E-state index in [2.05, 4.69) is 10.3 Å². The standard InChI is InChI=1S/C17H18F2N2O3/c1-8-14(17(23)24-4)10(3)20-15(8)16(22)21-9(2)12-6-5-11(18)7-13(12)19/h5-7,9,20H,1-4H3,(H,21,22)/t9-/m0/s1. The van der Waals surface area contributed by atoms with Crippen molar-refractivity contribution in [2.75, 3.05) is 7.11 Å². The minimum atomic E-state index is -0.738. The molecule has 1 atom stereocenters. The van der Waals surface area contributed by atoms with Gasteiger partial charge in [-0.25, -0.2) is 13.6 Å². The molecule has 7 heteroatoms. The minimum Gasteiger partial charge on any atom is -0.465 e.